The lowest BCUT2D eigenvalue weighted by molar-refractivity contribution is -0.130. The molecular weight excluding hydrogens is 361 g/mol. The van der Waals surface area contributed by atoms with Gasteiger partial charge in [0.1, 0.15) is 5.75 Å². The fraction of sp³-hybridized carbons (Fsp3) is 0.333. The number of rotatable bonds is 5. The number of nitrogens with zero attached hydrogens (tertiary/aromatic N) is 2. The molecule has 3 atom stereocenters. The molecule has 0 saturated carbocycles. The summed E-state index contributed by atoms with van der Waals surface area (Å²) >= 11 is 12.8. The Balaban J connectivity index is 2.20. The first kappa shape index (κ1) is 18.0. The molecule has 1 aromatic heterocycles. The summed E-state index contributed by atoms with van der Waals surface area (Å²) in [6.07, 6.45) is 3.43. The number of halogens is 2. The highest BCUT2D eigenvalue weighted by Gasteiger charge is 2.47. The number of likely N-dealkylation sites (tertiary alicyclic amines) is 1. The molecule has 2 heterocycles. The van der Waals surface area contributed by atoms with Gasteiger partial charge in [-0.05, 0) is 36.9 Å². The van der Waals surface area contributed by atoms with Crippen LogP contribution < -0.4 is 10.5 Å². The second kappa shape index (κ2) is 7.20. The maximum absolute atomic E-state index is 11.9. The molecule has 0 radical (unpaired) electrons. The lowest BCUT2D eigenvalue weighted by atomic mass is 9.73. The molecule has 7 heteroatoms. The number of primary amides is 1. The summed E-state index contributed by atoms with van der Waals surface area (Å²) in [6, 6.07) is 7.17. The number of aromatic nitrogens is 1. The third kappa shape index (κ3) is 3.19. The van der Waals surface area contributed by atoms with Crippen molar-refractivity contribution in [1.82, 2.24) is 9.88 Å². The molecule has 25 heavy (non-hydrogen) atoms. The average molecular weight is 380 g/mol. The van der Waals surface area contributed by atoms with Crippen LogP contribution in [0.1, 0.15) is 17.0 Å². The minimum absolute atomic E-state index is 0.134. The topological polar surface area (TPSA) is 68.5 Å². The van der Waals surface area contributed by atoms with Gasteiger partial charge in [-0.1, -0.05) is 23.2 Å². The van der Waals surface area contributed by atoms with Crippen molar-refractivity contribution in [1.29, 1.82) is 0 Å². The van der Waals surface area contributed by atoms with Crippen LogP contribution in [-0.2, 0) is 4.79 Å². The van der Waals surface area contributed by atoms with E-state index in [2.05, 4.69) is 9.88 Å². The number of likely N-dealkylation sites (N-methyl/N-ethyl adjacent to an activating group) is 1. The number of hydrogen-bond acceptors (Lipinski definition) is 4. The van der Waals surface area contributed by atoms with E-state index in [0.717, 1.165) is 11.1 Å². The summed E-state index contributed by atoms with van der Waals surface area (Å²) in [6.45, 7) is 0.613. The number of hydrogen-bond donors (Lipinski definition) is 1. The zero-order valence-electron chi connectivity index (χ0n) is 13.9. The molecule has 2 aromatic rings. The van der Waals surface area contributed by atoms with Crippen LogP contribution in [-0.4, -0.2) is 42.5 Å². The van der Waals surface area contributed by atoms with Crippen molar-refractivity contribution in [3.05, 3.63) is 57.8 Å². The lowest BCUT2D eigenvalue weighted by Gasteiger charge is -2.49. The smallest absolute Gasteiger partial charge is 0.223 e. The Bertz CT molecular complexity index is 785. The van der Waals surface area contributed by atoms with Gasteiger partial charge in [-0.15, -0.1) is 0 Å². The molecule has 1 aromatic carbocycles. The van der Waals surface area contributed by atoms with E-state index in [1.165, 1.54) is 0 Å². The van der Waals surface area contributed by atoms with Gasteiger partial charge in [-0.2, -0.15) is 0 Å². The first-order valence-electron chi connectivity index (χ1n) is 7.87. The predicted octanol–water partition coefficient (Wildman–Crippen LogP) is 2.94. The Kier molecular flexibility index (Phi) is 5.18. The number of nitrogens with two attached hydrogens (primary N) is 1. The Hall–Kier alpha value is -1.82. The molecular formula is C18H19Cl2N3O2. The van der Waals surface area contributed by atoms with Gasteiger partial charge in [-0.25, -0.2) is 0 Å². The first-order valence-corrected chi connectivity index (χ1v) is 8.62. The molecule has 2 N–H and O–H groups in total. The second-order valence-electron chi connectivity index (χ2n) is 6.17. The molecule has 0 bridgehead atoms. The zero-order chi connectivity index (χ0) is 18.1. The van der Waals surface area contributed by atoms with Crippen molar-refractivity contribution in [3.63, 3.8) is 0 Å². The standard InChI is InChI=1S/C18H19Cl2N3O2/c1-23-9-11(18(21)24)17(23)14(10-5-7-22-8-6-10)15-13(25-2)4-3-12(19)16(15)20/h3-8,11,14,17H,9H2,1-2H3,(H2,21,24). The number of carbonyl (C=O) groups is 1. The van der Waals surface area contributed by atoms with Gasteiger partial charge >= 0.3 is 0 Å². The fourth-order valence-electron chi connectivity index (χ4n) is 3.58. The average Bonchev–Trinajstić information content (AvgIpc) is 2.60. The van der Waals surface area contributed by atoms with E-state index in [-0.39, 0.29) is 23.8 Å². The van der Waals surface area contributed by atoms with Gasteiger partial charge in [-0.3, -0.25) is 9.78 Å². The van der Waals surface area contributed by atoms with Crippen LogP contribution in [0.25, 0.3) is 0 Å². The minimum Gasteiger partial charge on any atom is -0.496 e. The van der Waals surface area contributed by atoms with Crippen LogP contribution in [0.5, 0.6) is 5.75 Å². The number of ether oxygens (including phenoxy) is 1. The SMILES string of the molecule is COc1ccc(Cl)c(Cl)c1C(c1ccncc1)C1C(C(N)=O)CN1C. The highest BCUT2D eigenvalue weighted by Crippen LogP contribution is 2.47. The monoisotopic (exact) mass is 379 g/mol. The van der Waals surface area contributed by atoms with Crippen LogP contribution in [0.15, 0.2) is 36.7 Å². The van der Waals surface area contributed by atoms with Crippen molar-refractivity contribution >= 4 is 29.1 Å². The summed E-state index contributed by atoms with van der Waals surface area (Å²) in [5.74, 6) is -0.192. The largest absolute Gasteiger partial charge is 0.496 e. The Morgan fingerprint density at radius 1 is 1.32 bits per heavy atom. The van der Waals surface area contributed by atoms with E-state index >= 15 is 0 Å². The molecule has 1 aliphatic heterocycles. The van der Waals surface area contributed by atoms with Gasteiger partial charge in [0.2, 0.25) is 5.91 Å². The number of benzene rings is 1. The molecule has 132 valence electrons. The second-order valence-corrected chi connectivity index (χ2v) is 6.96. The highest BCUT2D eigenvalue weighted by atomic mass is 35.5. The lowest BCUT2D eigenvalue weighted by Crippen LogP contribution is -2.61. The molecule has 5 nitrogen and oxygen atoms in total. The molecule has 1 amide bonds. The Morgan fingerprint density at radius 2 is 2.00 bits per heavy atom. The van der Waals surface area contributed by atoms with Gasteiger partial charge in [0.05, 0.1) is 23.1 Å². The molecule has 1 aliphatic rings. The van der Waals surface area contributed by atoms with Crippen molar-refractivity contribution in [2.45, 2.75) is 12.0 Å². The molecule has 3 rings (SSSR count). The van der Waals surface area contributed by atoms with Crippen molar-refractivity contribution in [3.8, 4) is 5.75 Å². The van der Waals surface area contributed by atoms with Gasteiger partial charge in [0.25, 0.3) is 0 Å². The highest BCUT2D eigenvalue weighted by molar-refractivity contribution is 6.42. The van der Waals surface area contributed by atoms with Crippen molar-refractivity contribution in [2.24, 2.45) is 11.7 Å². The van der Waals surface area contributed by atoms with Gasteiger partial charge < -0.3 is 15.4 Å². The van der Waals surface area contributed by atoms with Gasteiger partial charge in [0, 0.05) is 36.5 Å². The normalized spacial score (nSPS) is 21.4. The quantitative estimate of drug-likeness (QED) is 0.866. The third-order valence-corrected chi connectivity index (χ3v) is 5.62. The van der Waals surface area contributed by atoms with E-state index in [4.69, 9.17) is 33.7 Å². The van der Waals surface area contributed by atoms with E-state index in [0.29, 0.717) is 22.3 Å². The first-order chi connectivity index (χ1) is 12.0. The predicted molar refractivity (Wildman–Crippen MR) is 98.2 cm³/mol. The van der Waals surface area contributed by atoms with E-state index in [1.807, 2.05) is 19.2 Å². The number of methoxy groups -OCH3 is 1. The maximum Gasteiger partial charge on any atom is 0.223 e. The van der Waals surface area contributed by atoms with Crippen LogP contribution in [0, 0.1) is 5.92 Å². The molecule has 1 fully saturated rings. The Labute approximate surface area is 156 Å². The van der Waals surface area contributed by atoms with Crippen LogP contribution in [0.3, 0.4) is 0 Å². The summed E-state index contributed by atoms with van der Waals surface area (Å²) in [5.41, 5.74) is 7.34. The summed E-state index contributed by atoms with van der Waals surface area (Å²) in [4.78, 5) is 18.1. The summed E-state index contributed by atoms with van der Waals surface area (Å²) < 4.78 is 5.54. The van der Waals surface area contributed by atoms with E-state index in [1.54, 1.807) is 31.6 Å². The van der Waals surface area contributed by atoms with Crippen LogP contribution in [0.4, 0.5) is 0 Å². The van der Waals surface area contributed by atoms with Gasteiger partial charge in [0.15, 0.2) is 0 Å². The molecule has 3 unspecified atom stereocenters. The molecule has 0 aliphatic carbocycles. The van der Waals surface area contributed by atoms with Crippen molar-refractivity contribution in [2.75, 3.05) is 20.7 Å². The maximum atomic E-state index is 11.9. The van der Waals surface area contributed by atoms with Crippen LogP contribution >= 0.6 is 23.2 Å². The number of carbonyl (C=O) groups excluding carboxylic acids is 1. The minimum atomic E-state index is -0.320. The molecule has 1 saturated heterocycles. The molecule has 0 spiro atoms. The van der Waals surface area contributed by atoms with E-state index < -0.39 is 0 Å². The summed E-state index contributed by atoms with van der Waals surface area (Å²) in [7, 11) is 3.55. The fourth-order valence-corrected chi connectivity index (χ4v) is 4.01. The van der Waals surface area contributed by atoms with Crippen LogP contribution in [0.2, 0.25) is 10.0 Å². The van der Waals surface area contributed by atoms with Crippen molar-refractivity contribution < 1.29 is 9.53 Å². The third-order valence-electron chi connectivity index (χ3n) is 4.80. The number of pyridine rings is 1. The number of amides is 1. The summed E-state index contributed by atoms with van der Waals surface area (Å²) in [5, 5.41) is 0.862. The zero-order valence-corrected chi connectivity index (χ0v) is 15.5. The Morgan fingerprint density at radius 3 is 2.56 bits per heavy atom. The van der Waals surface area contributed by atoms with E-state index in [9.17, 15) is 4.79 Å².